The molecule has 2 aromatic heterocycles. The lowest BCUT2D eigenvalue weighted by atomic mass is 9.90. The molecule has 5 rings (SSSR count). The molecular formula is C23H35N5O6Si. The summed E-state index contributed by atoms with van der Waals surface area (Å²) in [5.74, 6) is -0.511. The molecule has 2 aliphatic heterocycles. The minimum Gasteiger partial charge on any atom is -0.408 e. The van der Waals surface area contributed by atoms with Crippen molar-refractivity contribution in [2.24, 2.45) is 5.92 Å². The number of ether oxygens (including phenoxy) is 2. The Labute approximate surface area is 204 Å². The first-order valence-corrected chi connectivity index (χ1v) is 15.1. The molecule has 2 aromatic rings. The van der Waals surface area contributed by atoms with Gasteiger partial charge in [0, 0.05) is 5.92 Å². The average molecular weight is 506 g/mol. The summed E-state index contributed by atoms with van der Waals surface area (Å²) in [6.07, 6.45) is 1.03. The molecule has 11 nitrogen and oxygen atoms in total. The van der Waals surface area contributed by atoms with Crippen LogP contribution in [-0.2, 0) is 18.7 Å². The molecule has 0 spiro atoms. The zero-order chi connectivity index (χ0) is 25.6. The molecule has 1 aliphatic carbocycles. The molecule has 192 valence electrons. The van der Waals surface area contributed by atoms with Gasteiger partial charge >= 0.3 is 0 Å². The Kier molecular flexibility index (Phi) is 5.40. The first-order valence-electron chi connectivity index (χ1n) is 12.2. The number of nitrogens with zero attached hydrogens (tertiary/aromatic N) is 3. The second-order valence-corrected chi connectivity index (χ2v) is 16.6. The first kappa shape index (κ1) is 24.6. The quantitative estimate of drug-likeness (QED) is 0.508. The van der Waals surface area contributed by atoms with Crippen LogP contribution in [0.2, 0.25) is 18.1 Å². The van der Waals surface area contributed by atoms with Crippen molar-refractivity contribution in [1.29, 1.82) is 0 Å². The number of carbonyl (C=O) groups excluding carboxylic acids is 1. The van der Waals surface area contributed by atoms with Crippen LogP contribution in [0.25, 0.3) is 11.2 Å². The van der Waals surface area contributed by atoms with Crippen LogP contribution in [0.15, 0.2) is 11.1 Å². The van der Waals surface area contributed by atoms with E-state index in [2.05, 4.69) is 54.1 Å². The van der Waals surface area contributed by atoms with Crippen molar-refractivity contribution in [3.05, 3.63) is 16.7 Å². The minimum absolute atomic E-state index is 0.0385. The Balaban J connectivity index is 1.55. The molecule has 4 heterocycles. The lowest BCUT2D eigenvalue weighted by Gasteiger charge is -2.42. The van der Waals surface area contributed by atoms with Gasteiger partial charge in [0.2, 0.25) is 11.9 Å². The third-order valence-corrected chi connectivity index (χ3v) is 12.5. The van der Waals surface area contributed by atoms with Crippen molar-refractivity contribution >= 4 is 31.3 Å². The summed E-state index contributed by atoms with van der Waals surface area (Å²) in [5.41, 5.74) is -2.12. The lowest BCUT2D eigenvalue weighted by molar-refractivity contribution is -0.216. The van der Waals surface area contributed by atoms with Crippen LogP contribution in [0.5, 0.6) is 0 Å². The largest absolute Gasteiger partial charge is 0.408 e. The number of H-pyrrole nitrogens is 1. The fourth-order valence-electron chi connectivity index (χ4n) is 4.62. The van der Waals surface area contributed by atoms with E-state index in [1.54, 1.807) is 18.4 Å². The Bertz CT molecular complexity index is 1230. The number of aliphatic hydroxyl groups is 1. The highest BCUT2D eigenvalue weighted by atomic mass is 28.4. The second kappa shape index (κ2) is 7.69. The monoisotopic (exact) mass is 505 g/mol. The predicted octanol–water partition coefficient (Wildman–Crippen LogP) is 2.30. The van der Waals surface area contributed by atoms with Crippen molar-refractivity contribution < 1.29 is 23.8 Å². The second-order valence-electron chi connectivity index (χ2n) is 11.9. The Morgan fingerprint density at radius 1 is 1.37 bits per heavy atom. The smallest absolute Gasteiger partial charge is 0.280 e. The normalized spacial score (nSPS) is 29.8. The Hall–Kier alpha value is -2.12. The molecule has 2 saturated heterocycles. The van der Waals surface area contributed by atoms with Gasteiger partial charge in [0.15, 0.2) is 31.3 Å². The van der Waals surface area contributed by atoms with E-state index in [9.17, 15) is 14.7 Å². The fourth-order valence-corrected chi connectivity index (χ4v) is 5.94. The standard InChI is InChI=1S/C23H35N5O6Si/c1-12(2)17(29)26-20-25-16-13(18(30)27-20)24-11-28(16)19-14-15(34-35(6,7)21(3,4)5)23(33-19,10-32-14)22(31)8-9-22/h11-12,14-15,19,31H,8-10H2,1-7H3,(H2,25,26,27,29,30)/t14-,15?,19+,23-/m0/s1. The van der Waals surface area contributed by atoms with Gasteiger partial charge < -0.3 is 19.0 Å². The molecule has 35 heavy (non-hydrogen) atoms. The van der Waals surface area contributed by atoms with Crippen molar-refractivity contribution in [2.45, 2.75) is 95.2 Å². The highest BCUT2D eigenvalue weighted by Gasteiger charge is 2.75. The topological polar surface area (TPSA) is 141 Å². The number of fused-ring (bicyclic) bond motifs is 3. The highest BCUT2D eigenvalue weighted by Crippen LogP contribution is 2.60. The minimum atomic E-state index is -2.24. The number of amides is 1. The number of imidazole rings is 1. The zero-order valence-electron chi connectivity index (χ0n) is 21.3. The summed E-state index contributed by atoms with van der Waals surface area (Å²) >= 11 is 0. The molecule has 4 atom stereocenters. The predicted molar refractivity (Wildman–Crippen MR) is 130 cm³/mol. The van der Waals surface area contributed by atoms with E-state index in [0.717, 1.165) is 0 Å². The van der Waals surface area contributed by atoms with Crippen LogP contribution in [-0.4, -0.2) is 68.9 Å². The van der Waals surface area contributed by atoms with Crippen LogP contribution >= 0.6 is 0 Å². The molecular weight excluding hydrogens is 470 g/mol. The summed E-state index contributed by atoms with van der Waals surface area (Å²) in [5, 5.41) is 13.9. The number of rotatable bonds is 6. The Morgan fingerprint density at radius 3 is 2.66 bits per heavy atom. The fraction of sp³-hybridized carbons (Fsp3) is 0.739. The maximum absolute atomic E-state index is 12.7. The number of carbonyl (C=O) groups is 1. The maximum Gasteiger partial charge on any atom is 0.280 e. The van der Waals surface area contributed by atoms with Crippen molar-refractivity contribution in [3.63, 3.8) is 0 Å². The van der Waals surface area contributed by atoms with Crippen molar-refractivity contribution in [1.82, 2.24) is 19.5 Å². The maximum atomic E-state index is 12.7. The van der Waals surface area contributed by atoms with Gasteiger partial charge in [-0.05, 0) is 31.0 Å². The molecule has 3 N–H and O–H groups in total. The SMILES string of the molecule is CC(C)C(=O)Nc1nc2c(ncn2[C@@H]2O[C@@]3(C4(O)CC4)CO[C@H]2C3O[Si](C)(C)C(C)(C)C)c(=O)[nH]1. The lowest BCUT2D eigenvalue weighted by Crippen LogP contribution is -2.57. The third kappa shape index (κ3) is 3.68. The molecule has 3 aliphatic rings. The average Bonchev–Trinajstić information content (AvgIpc) is 3.11. The summed E-state index contributed by atoms with van der Waals surface area (Å²) in [7, 11) is -2.24. The first-order chi connectivity index (χ1) is 16.2. The van der Waals surface area contributed by atoms with Crippen LogP contribution < -0.4 is 10.9 Å². The van der Waals surface area contributed by atoms with Gasteiger partial charge in [0.25, 0.3) is 5.56 Å². The van der Waals surface area contributed by atoms with Gasteiger partial charge in [-0.2, -0.15) is 4.98 Å². The number of nitrogens with one attached hydrogen (secondary N) is 2. The summed E-state index contributed by atoms with van der Waals surface area (Å²) in [6.45, 7) is 14.6. The summed E-state index contributed by atoms with van der Waals surface area (Å²) in [6, 6.07) is 0. The molecule has 3 fully saturated rings. The van der Waals surface area contributed by atoms with E-state index in [-0.39, 0.29) is 40.6 Å². The molecule has 1 amide bonds. The summed E-state index contributed by atoms with van der Waals surface area (Å²) in [4.78, 5) is 36.1. The van der Waals surface area contributed by atoms with E-state index < -0.39 is 43.5 Å². The summed E-state index contributed by atoms with van der Waals surface area (Å²) < 4.78 is 21.3. The van der Waals surface area contributed by atoms with E-state index >= 15 is 0 Å². The molecule has 1 saturated carbocycles. The molecule has 2 bridgehead atoms. The number of aromatic nitrogens is 4. The van der Waals surface area contributed by atoms with Gasteiger partial charge in [-0.1, -0.05) is 34.6 Å². The van der Waals surface area contributed by atoms with Crippen LogP contribution in [0.1, 0.15) is 53.7 Å². The van der Waals surface area contributed by atoms with Crippen molar-refractivity contribution in [2.75, 3.05) is 11.9 Å². The van der Waals surface area contributed by atoms with E-state index in [1.807, 2.05) is 0 Å². The van der Waals surface area contributed by atoms with Crippen LogP contribution in [0.4, 0.5) is 5.95 Å². The number of hydrogen-bond donors (Lipinski definition) is 3. The number of aromatic amines is 1. The van der Waals surface area contributed by atoms with Gasteiger partial charge in [-0.25, -0.2) is 4.98 Å². The van der Waals surface area contributed by atoms with Gasteiger partial charge in [-0.3, -0.25) is 24.5 Å². The van der Waals surface area contributed by atoms with Gasteiger partial charge in [0.1, 0.15) is 12.2 Å². The number of anilines is 1. The van der Waals surface area contributed by atoms with Gasteiger partial charge in [-0.15, -0.1) is 0 Å². The van der Waals surface area contributed by atoms with Crippen molar-refractivity contribution in [3.8, 4) is 0 Å². The van der Waals surface area contributed by atoms with Crippen LogP contribution in [0, 0.1) is 5.92 Å². The van der Waals surface area contributed by atoms with E-state index in [4.69, 9.17) is 13.9 Å². The van der Waals surface area contributed by atoms with Crippen LogP contribution in [0.3, 0.4) is 0 Å². The van der Waals surface area contributed by atoms with E-state index in [1.165, 1.54) is 6.33 Å². The van der Waals surface area contributed by atoms with E-state index in [0.29, 0.717) is 12.8 Å². The molecule has 12 heteroatoms. The molecule has 1 unspecified atom stereocenters. The third-order valence-electron chi connectivity index (χ3n) is 8.07. The molecule has 0 aromatic carbocycles. The zero-order valence-corrected chi connectivity index (χ0v) is 22.3. The molecule has 0 radical (unpaired) electrons. The highest BCUT2D eigenvalue weighted by molar-refractivity contribution is 6.74. The Morgan fingerprint density at radius 2 is 2.06 bits per heavy atom. The van der Waals surface area contributed by atoms with Gasteiger partial charge in [0.05, 0.1) is 18.5 Å². The number of hydrogen-bond acceptors (Lipinski definition) is 8.